The van der Waals surface area contributed by atoms with Crippen LogP contribution in [0.2, 0.25) is 0 Å². The number of rotatable bonds is 5. The second kappa shape index (κ2) is 6.74. The molecule has 0 aliphatic carbocycles. The van der Waals surface area contributed by atoms with Crippen LogP contribution in [-0.2, 0) is 9.53 Å². The summed E-state index contributed by atoms with van der Waals surface area (Å²) < 4.78 is 4.92. The van der Waals surface area contributed by atoms with Crippen LogP contribution in [0.3, 0.4) is 0 Å². The SMILES string of the molecule is COCC(C)NC(=O)C=Cc1cccnc1. The van der Waals surface area contributed by atoms with Gasteiger partial charge in [0.2, 0.25) is 5.91 Å². The predicted octanol–water partition coefficient (Wildman–Crippen LogP) is 1.25. The van der Waals surface area contributed by atoms with Crippen LogP contribution < -0.4 is 5.32 Å². The lowest BCUT2D eigenvalue weighted by atomic mass is 10.2. The highest BCUT2D eigenvalue weighted by atomic mass is 16.5. The largest absolute Gasteiger partial charge is 0.383 e. The van der Waals surface area contributed by atoms with Gasteiger partial charge in [-0.3, -0.25) is 9.78 Å². The first-order chi connectivity index (χ1) is 7.72. The molecule has 1 heterocycles. The van der Waals surface area contributed by atoms with Gasteiger partial charge in [0.05, 0.1) is 6.61 Å². The van der Waals surface area contributed by atoms with Gasteiger partial charge in [0.25, 0.3) is 0 Å². The standard InChI is InChI=1S/C12H16N2O2/c1-10(9-16-2)14-12(15)6-5-11-4-3-7-13-8-11/h3-8,10H,9H2,1-2H3,(H,14,15). The molecule has 0 bridgehead atoms. The highest BCUT2D eigenvalue weighted by Crippen LogP contribution is 1.98. The van der Waals surface area contributed by atoms with Gasteiger partial charge in [-0.15, -0.1) is 0 Å². The van der Waals surface area contributed by atoms with E-state index >= 15 is 0 Å². The van der Waals surface area contributed by atoms with E-state index in [1.165, 1.54) is 6.08 Å². The molecule has 0 saturated heterocycles. The number of hydrogen-bond acceptors (Lipinski definition) is 3. The van der Waals surface area contributed by atoms with Gasteiger partial charge in [-0.25, -0.2) is 0 Å². The molecule has 0 fully saturated rings. The van der Waals surface area contributed by atoms with Crippen molar-refractivity contribution in [3.05, 3.63) is 36.2 Å². The number of nitrogens with one attached hydrogen (secondary N) is 1. The number of aromatic nitrogens is 1. The smallest absolute Gasteiger partial charge is 0.244 e. The number of nitrogens with zero attached hydrogens (tertiary/aromatic N) is 1. The van der Waals surface area contributed by atoms with Crippen LogP contribution in [0.5, 0.6) is 0 Å². The van der Waals surface area contributed by atoms with Crippen molar-refractivity contribution in [3.8, 4) is 0 Å². The summed E-state index contributed by atoms with van der Waals surface area (Å²) in [5.74, 6) is -0.131. The number of methoxy groups -OCH3 is 1. The molecule has 16 heavy (non-hydrogen) atoms. The molecule has 0 aromatic carbocycles. The lowest BCUT2D eigenvalue weighted by Crippen LogP contribution is -2.34. The third kappa shape index (κ3) is 4.70. The van der Waals surface area contributed by atoms with E-state index in [1.807, 2.05) is 19.1 Å². The Labute approximate surface area is 95.3 Å². The van der Waals surface area contributed by atoms with Crippen molar-refractivity contribution in [2.24, 2.45) is 0 Å². The third-order valence-electron chi connectivity index (χ3n) is 1.92. The van der Waals surface area contributed by atoms with Crippen LogP contribution in [-0.4, -0.2) is 30.6 Å². The number of hydrogen-bond donors (Lipinski definition) is 1. The van der Waals surface area contributed by atoms with Crippen molar-refractivity contribution in [1.29, 1.82) is 0 Å². The highest BCUT2D eigenvalue weighted by Gasteiger charge is 2.02. The lowest BCUT2D eigenvalue weighted by molar-refractivity contribution is -0.117. The maximum absolute atomic E-state index is 11.4. The minimum atomic E-state index is -0.131. The molecule has 0 spiro atoms. The Balaban J connectivity index is 2.42. The first-order valence-corrected chi connectivity index (χ1v) is 5.10. The van der Waals surface area contributed by atoms with Crippen molar-refractivity contribution < 1.29 is 9.53 Å². The molecule has 1 atom stereocenters. The predicted molar refractivity (Wildman–Crippen MR) is 62.8 cm³/mol. The van der Waals surface area contributed by atoms with E-state index in [1.54, 1.807) is 25.6 Å². The zero-order valence-electron chi connectivity index (χ0n) is 9.51. The fraction of sp³-hybridized carbons (Fsp3) is 0.333. The Hall–Kier alpha value is -1.68. The monoisotopic (exact) mass is 220 g/mol. The maximum atomic E-state index is 11.4. The zero-order valence-corrected chi connectivity index (χ0v) is 9.51. The Bertz CT molecular complexity index is 349. The first kappa shape index (κ1) is 12.4. The van der Waals surface area contributed by atoms with Gasteiger partial charge >= 0.3 is 0 Å². The van der Waals surface area contributed by atoms with E-state index in [4.69, 9.17) is 4.74 Å². The van der Waals surface area contributed by atoms with E-state index in [0.29, 0.717) is 6.61 Å². The summed E-state index contributed by atoms with van der Waals surface area (Å²) in [5, 5.41) is 2.78. The molecule has 4 heteroatoms. The second-order valence-electron chi connectivity index (χ2n) is 3.48. The molecular formula is C12H16N2O2. The molecule has 1 aromatic rings. The van der Waals surface area contributed by atoms with Crippen molar-refractivity contribution in [1.82, 2.24) is 10.3 Å². The van der Waals surface area contributed by atoms with Crippen molar-refractivity contribution in [2.45, 2.75) is 13.0 Å². The fourth-order valence-corrected chi connectivity index (χ4v) is 1.23. The summed E-state index contributed by atoms with van der Waals surface area (Å²) in [7, 11) is 1.61. The number of pyridine rings is 1. The molecule has 0 saturated carbocycles. The molecular weight excluding hydrogens is 204 g/mol. The lowest BCUT2D eigenvalue weighted by Gasteiger charge is -2.10. The van der Waals surface area contributed by atoms with Gasteiger partial charge in [-0.2, -0.15) is 0 Å². The van der Waals surface area contributed by atoms with Gasteiger partial charge in [0.15, 0.2) is 0 Å². The number of carbonyl (C=O) groups excluding carboxylic acids is 1. The van der Waals surface area contributed by atoms with Gasteiger partial charge in [0.1, 0.15) is 0 Å². The molecule has 1 amide bonds. The molecule has 4 nitrogen and oxygen atoms in total. The van der Waals surface area contributed by atoms with E-state index < -0.39 is 0 Å². The Morgan fingerprint density at radius 3 is 3.12 bits per heavy atom. The van der Waals surface area contributed by atoms with Gasteiger partial charge in [-0.05, 0) is 24.6 Å². The average Bonchev–Trinajstić information content (AvgIpc) is 2.28. The molecule has 1 aromatic heterocycles. The third-order valence-corrected chi connectivity index (χ3v) is 1.92. The van der Waals surface area contributed by atoms with Crippen molar-refractivity contribution in [2.75, 3.05) is 13.7 Å². The molecule has 0 aliphatic heterocycles. The van der Waals surface area contributed by atoms with Gasteiger partial charge in [0, 0.05) is 31.6 Å². The summed E-state index contributed by atoms with van der Waals surface area (Å²) in [6.45, 7) is 2.39. The minimum Gasteiger partial charge on any atom is -0.383 e. The molecule has 86 valence electrons. The molecule has 0 radical (unpaired) electrons. The Kier molecular flexibility index (Phi) is 5.22. The highest BCUT2D eigenvalue weighted by molar-refractivity contribution is 5.91. The topological polar surface area (TPSA) is 51.2 Å². The number of ether oxygens (including phenoxy) is 1. The number of amides is 1. The van der Waals surface area contributed by atoms with E-state index in [-0.39, 0.29) is 11.9 Å². The zero-order chi connectivity index (χ0) is 11.8. The maximum Gasteiger partial charge on any atom is 0.244 e. The van der Waals surface area contributed by atoms with Crippen molar-refractivity contribution >= 4 is 12.0 Å². The normalized spacial score (nSPS) is 12.6. The Morgan fingerprint density at radius 1 is 1.69 bits per heavy atom. The average molecular weight is 220 g/mol. The summed E-state index contributed by atoms with van der Waals surface area (Å²) in [6.07, 6.45) is 6.60. The van der Waals surface area contributed by atoms with Crippen LogP contribution in [0.4, 0.5) is 0 Å². The molecule has 0 aliphatic rings. The Morgan fingerprint density at radius 2 is 2.50 bits per heavy atom. The van der Waals surface area contributed by atoms with Gasteiger partial charge < -0.3 is 10.1 Å². The molecule has 1 N–H and O–H groups in total. The summed E-state index contributed by atoms with van der Waals surface area (Å²) in [4.78, 5) is 15.4. The van der Waals surface area contributed by atoms with E-state index in [2.05, 4.69) is 10.3 Å². The summed E-state index contributed by atoms with van der Waals surface area (Å²) in [6, 6.07) is 3.72. The first-order valence-electron chi connectivity index (χ1n) is 5.10. The van der Waals surface area contributed by atoms with Crippen LogP contribution in [0.25, 0.3) is 6.08 Å². The quantitative estimate of drug-likeness (QED) is 0.760. The fourth-order valence-electron chi connectivity index (χ4n) is 1.23. The molecule has 1 rings (SSSR count). The van der Waals surface area contributed by atoms with Crippen molar-refractivity contribution in [3.63, 3.8) is 0 Å². The van der Waals surface area contributed by atoms with Crippen LogP contribution in [0.15, 0.2) is 30.6 Å². The van der Waals surface area contributed by atoms with E-state index in [0.717, 1.165) is 5.56 Å². The van der Waals surface area contributed by atoms with Crippen LogP contribution >= 0.6 is 0 Å². The van der Waals surface area contributed by atoms with E-state index in [9.17, 15) is 4.79 Å². The summed E-state index contributed by atoms with van der Waals surface area (Å²) in [5.41, 5.74) is 0.900. The van der Waals surface area contributed by atoms with Crippen LogP contribution in [0, 0.1) is 0 Å². The van der Waals surface area contributed by atoms with Crippen LogP contribution in [0.1, 0.15) is 12.5 Å². The molecule has 1 unspecified atom stereocenters. The second-order valence-corrected chi connectivity index (χ2v) is 3.48. The van der Waals surface area contributed by atoms with Gasteiger partial charge in [-0.1, -0.05) is 6.07 Å². The minimum absolute atomic E-state index is 0.0102. The summed E-state index contributed by atoms with van der Waals surface area (Å²) >= 11 is 0. The number of carbonyl (C=O) groups is 1.